The van der Waals surface area contributed by atoms with Crippen molar-refractivity contribution in [3.8, 4) is 0 Å². The molecule has 3 nitrogen and oxygen atoms in total. The van der Waals surface area contributed by atoms with Gasteiger partial charge in [0, 0.05) is 18.0 Å². The predicted octanol–water partition coefficient (Wildman–Crippen LogP) is 3.41. The normalized spacial score (nSPS) is 22.9. The lowest BCUT2D eigenvalue weighted by Crippen LogP contribution is -2.34. The van der Waals surface area contributed by atoms with Crippen LogP contribution in [0.25, 0.3) is 0 Å². The Morgan fingerprint density at radius 1 is 1.20 bits per heavy atom. The first-order valence-electron chi connectivity index (χ1n) is 7.55. The number of anilines is 1. The van der Waals surface area contributed by atoms with E-state index in [2.05, 4.69) is 36.5 Å². The number of rotatable bonds is 6. The van der Waals surface area contributed by atoms with E-state index in [1.165, 1.54) is 24.7 Å². The van der Waals surface area contributed by atoms with Gasteiger partial charge in [-0.1, -0.05) is 25.5 Å². The van der Waals surface area contributed by atoms with E-state index in [1.807, 2.05) is 0 Å². The monoisotopic (exact) mass is 295 g/mol. The van der Waals surface area contributed by atoms with Crippen LogP contribution in [0.15, 0.2) is 24.3 Å². The Bertz CT molecular complexity index is 522. The van der Waals surface area contributed by atoms with Crippen molar-refractivity contribution < 1.29 is 8.42 Å². The smallest absolute Gasteiger partial charge is 0.152 e. The Morgan fingerprint density at radius 2 is 1.90 bits per heavy atom. The molecule has 0 radical (unpaired) electrons. The first kappa shape index (κ1) is 15.4. The maximum absolute atomic E-state index is 11.8. The topological polar surface area (TPSA) is 46.2 Å². The average Bonchev–Trinajstić information content (AvgIpc) is 2.86. The first-order chi connectivity index (χ1) is 9.50. The molecule has 1 aliphatic rings. The van der Waals surface area contributed by atoms with Crippen LogP contribution in [0, 0.1) is 0 Å². The summed E-state index contributed by atoms with van der Waals surface area (Å²) in [6.45, 7) is 2.20. The van der Waals surface area contributed by atoms with E-state index >= 15 is 0 Å². The number of hydrogen-bond donors (Lipinski definition) is 1. The standard InChI is InChI=1S/C16H25NO2S/c1-3-4-6-13-9-11-14(12-10-13)17-15-7-5-8-16(15)20(2,18)19/h9-12,15-17H,3-8H2,1-2H3. The van der Waals surface area contributed by atoms with E-state index in [0.717, 1.165) is 31.4 Å². The molecule has 0 aliphatic heterocycles. The molecular formula is C16H25NO2S. The molecule has 0 amide bonds. The molecule has 0 aromatic heterocycles. The van der Waals surface area contributed by atoms with Crippen LogP contribution in [0.2, 0.25) is 0 Å². The van der Waals surface area contributed by atoms with Gasteiger partial charge in [0.25, 0.3) is 0 Å². The highest BCUT2D eigenvalue weighted by Gasteiger charge is 2.34. The first-order valence-corrected chi connectivity index (χ1v) is 9.50. The maximum atomic E-state index is 11.8. The molecule has 1 aliphatic carbocycles. The van der Waals surface area contributed by atoms with E-state index < -0.39 is 9.84 Å². The van der Waals surface area contributed by atoms with Crippen LogP contribution in [0.5, 0.6) is 0 Å². The Balaban J connectivity index is 1.99. The number of nitrogens with one attached hydrogen (secondary N) is 1. The molecule has 1 aromatic rings. The third-order valence-electron chi connectivity index (χ3n) is 4.13. The minimum Gasteiger partial charge on any atom is -0.381 e. The van der Waals surface area contributed by atoms with Gasteiger partial charge in [0.1, 0.15) is 0 Å². The summed E-state index contributed by atoms with van der Waals surface area (Å²) in [7, 11) is -2.95. The lowest BCUT2D eigenvalue weighted by Gasteiger charge is -2.20. The molecule has 0 bridgehead atoms. The number of aryl methyl sites for hydroxylation is 1. The molecule has 2 unspecified atom stereocenters. The predicted molar refractivity (Wildman–Crippen MR) is 84.9 cm³/mol. The van der Waals surface area contributed by atoms with Crippen LogP contribution in [-0.2, 0) is 16.3 Å². The van der Waals surface area contributed by atoms with Gasteiger partial charge >= 0.3 is 0 Å². The zero-order valence-corrected chi connectivity index (χ0v) is 13.2. The minimum absolute atomic E-state index is 0.0616. The van der Waals surface area contributed by atoms with Crippen molar-refractivity contribution in [3.05, 3.63) is 29.8 Å². The summed E-state index contributed by atoms with van der Waals surface area (Å²) in [5.74, 6) is 0. The average molecular weight is 295 g/mol. The Hall–Kier alpha value is -1.03. The second kappa shape index (κ2) is 6.61. The zero-order chi connectivity index (χ0) is 14.6. The SMILES string of the molecule is CCCCc1ccc(NC2CCCC2S(C)(=O)=O)cc1. The van der Waals surface area contributed by atoms with Gasteiger partial charge in [0.05, 0.1) is 5.25 Å². The highest BCUT2D eigenvalue weighted by Crippen LogP contribution is 2.28. The fourth-order valence-corrected chi connectivity index (χ4v) is 4.36. The van der Waals surface area contributed by atoms with Crippen molar-refractivity contribution in [1.29, 1.82) is 0 Å². The van der Waals surface area contributed by atoms with Gasteiger partial charge in [-0.2, -0.15) is 0 Å². The van der Waals surface area contributed by atoms with E-state index in [0.29, 0.717) is 0 Å². The van der Waals surface area contributed by atoms with E-state index in [-0.39, 0.29) is 11.3 Å². The van der Waals surface area contributed by atoms with E-state index in [4.69, 9.17) is 0 Å². The van der Waals surface area contributed by atoms with Crippen LogP contribution in [0.3, 0.4) is 0 Å². The molecule has 2 rings (SSSR count). The van der Waals surface area contributed by atoms with Gasteiger partial charge in [-0.05, 0) is 49.8 Å². The highest BCUT2D eigenvalue weighted by molar-refractivity contribution is 7.91. The van der Waals surface area contributed by atoms with Crippen molar-refractivity contribution in [1.82, 2.24) is 0 Å². The molecular weight excluding hydrogens is 270 g/mol. The summed E-state index contributed by atoms with van der Waals surface area (Å²) < 4.78 is 23.5. The lowest BCUT2D eigenvalue weighted by atomic mass is 10.1. The third-order valence-corrected chi connectivity index (χ3v) is 5.79. The van der Waals surface area contributed by atoms with Gasteiger partial charge in [-0.3, -0.25) is 0 Å². The molecule has 1 saturated carbocycles. The Kier molecular flexibility index (Phi) is 5.08. The zero-order valence-electron chi connectivity index (χ0n) is 12.4. The molecule has 20 heavy (non-hydrogen) atoms. The lowest BCUT2D eigenvalue weighted by molar-refractivity contribution is 0.579. The van der Waals surface area contributed by atoms with Gasteiger partial charge in [0.2, 0.25) is 0 Å². The summed E-state index contributed by atoms with van der Waals surface area (Å²) >= 11 is 0. The fourth-order valence-electron chi connectivity index (χ4n) is 2.97. The number of hydrogen-bond acceptors (Lipinski definition) is 3. The second-order valence-electron chi connectivity index (χ2n) is 5.85. The van der Waals surface area contributed by atoms with Crippen LogP contribution in [-0.4, -0.2) is 26.0 Å². The molecule has 1 aromatic carbocycles. The number of benzene rings is 1. The quantitative estimate of drug-likeness (QED) is 0.875. The van der Waals surface area contributed by atoms with E-state index in [1.54, 1.807) is 0 Å². The number of unbranched alkanes of at least 4 members (excludes halogenated alkanes) is 1. The molecule has 1 N–H and O–H groups in total. The Morgan fingerprint density at radius 3 is 2.50 bits per heavy atom. The van der Waals surface area contributed by atoms with Gasteiger partial charge < -0.3 is 5.32 Å². The Labute approximate surface area is 122 Å². The second-order valence-corrected chi connectivity index (χ2v) is 8.11. The maximum Gasteiger partial charge on any atom is 0.152 e. The molecule has 0 spiro atoms. The third kappa shape index (κ3) is 3.98. The summed E-state index contributed by atoms with van der Waals surface area (Å²) in [5, 5.41) is 3.17. The van der Waals surface area contributed by atoms with E-state index in [9.17, 15) is 8.42 Å². The van der Waals surface area contributed by atoms with Crippen LogP contribution < -0.4 is 5.32 Å². The van der Waals surface area contributed by atoms with Crippen molar-refractivity contribution >= 4 is 15.5 Å². The van der Waals surface area contributed by atoms with Gasteiger partial charge in [-0.25, -0.2) is 8.42 Å². The van der Waals surface area contributed by atoms with Crippen LogP contribution >= 0.6 is 0 Å². The summed E-state index contributed by atoms with van der Waals surface area (Å²) in [6, 6.07) is 8.49. The van der Waals surface area contributed by atoms with Gasteiger partial charge in [0.15, 0.2) is 9.84 Å². The highest BCUT2D eigenvalue weighted by atomic mass is 32.2. The molecule has 0 saturated heterocycles. The fraction of sp³-hybridized carbons (Fsp3) is 0.625. The van der Waals surface area contributed by atoms with Crippen molar-refractivity contribution in [2.75, 3.05) is 11.6 Å². The van der Waals surface area contributed by atoms with Crippen molar-refractivity contribution in [2.24, 2.45) is 0 Å². The van der Waals surface area contributed by atoms with Gasteiger partial charge in [-0.15, -0.1) is 0 Å². The molecule has 112 valence electrons. The van der Waals surface area contributed by atoms with Crippen LogP contribution in [0.4, 0.5) is 5.69 Å². The van der Waals surface area contributed by atoms with Crippen molar-refractivity contribution in [3.63, 3.8) is 0 Å². The number of sulfone groups is 1. The van der Waals surface area contributed by atoms with Crippen LogP contribution in [0.1, 0.15) is 44.6 Å². The van der Waals surface area contributed by atoms with Crippen molar-refractivity contribution in [2.45, 2.75) is 56.7 Å². The molecule has 0 heterocycles. The minimum atomic E-state index is -2.95. The molecule has 1 fully saturated rings. The largest absolute Gasteiger partial charge is 0.381 e. The molecule has 4 heteroatoms. The summed E-state index contributed by atoms with van der Waals surface area (Å²) in [4.78, 5) is 0. The summed E-state index contributed by atoms with van der Waals surface area (Å²) in [5.41, 5.74) is 2.38. The molecule has 2 atom stereocenters. The summed E-state index contributed by atoms with van der Waals surface area (Å²) in [6.07, 6.45) is 7.60.